The molecule has 0 radical (unpaired) electrons. The average Bonchev–Trinajstić information content (AvgIpc) is 2.59. The van der Waals surface area contributed by atoms with Crippen LogP contribution in [0.4, 0.5) is 14.9 Å². The minimum absolute atomic E-state index is 0.0810. The average molecular weight is 377 g/mol. The van der Waals surface area contributed by atoms with Crippen molar-refractivity contribution in [2.24, 2.45) is 17.8 Å². The minimum atomic E-state index is -0.899. The Balaban J connectivity index is 1.46. The number of hydrogen-bond acceptors (Lipinski definition) is 3. The Labute approximate surface area is 156 Å². The minimum Gasteiger partial charge on any atom is -0.481 e. The van der Waals surface area contributed by atoms with Gasteiger partial charge in [-0.15, -0.1) is 0 Å². The first kappa shape index (κ1) is 19.1. The van der Waals surface area contributed by atoms with Gasteiger partial charge in [-0.1, -0.05) is 6.07 Å². The predicted octanol–water partition coefficient (Wildman–Crippen LogP) is 2.30. The fourth-order valence-electron chi connectivity index (χ4n) is 3.74. The standard InChI is InChI=1S/C19H24FN3O4/c20-13-4-1-5-14(9-13)22-19(27)21-10-12-3-2-8-23(11-12)17(24)15-6-7-16(15)18(25)26/h1,4-5,9,12,15-16H,2-3,6-8,10-11H2,(H,25,26)(H2,21,22,27). The van der Waals surface area contributed by atoms with E-state index in [2.05, 4.69) is 10.6 Å². The number of carbonyl (C=O) groups is 3. The van der Waals surface area contributed by atoms with Gasteiger partial charge in [0.15, 0.2) is 0 Å². The molecule has 0 spiro atoms. The van der Waals surface area contributed by atoms with E-state index >= 15 is 0 Å². The van der Waals surface area contributed by atoms with Crippen molar-refractivity contribution < 1.29 is 23.9 Å². The summed E-state index contributed by atoms with van der Waals surface area (Å²) in [5.74, 6) is -2.26. The van der Waals surface area contributed by atoms with Crippen LogP contribution in [0.2, 0.25) is 0 Å². The highest BCUT2D eigenvalue weighted by Crippen LogP contribution is 2.36. The van der Waals surface area contributed by atoms with E-state index in [-0.39, 0.29) is 11.8 Å². The summed E-state index contributed by atoms with van der Waals surface area (Å²) in [6.07, 6.45) is 2.90. The summed E-state index contributed by atoms with van der Waals surface area (Å²) in [4.78, 5) is 37.4. The Morgan fingerprint density at radius 2 is 1.96 bits per heavy atom. The number of aliphatic carboxylic acids is 1. The summed E-state index contributed by atoms with van der Waals surface area (Å²) < 4.78 is 13.1. The number of benzene rings is 1. The van der Waals surface area contributed by atoms with Crippen molar-refractivity contribution in [1.29, 1.82) is 0 Å². The van der Waals surface area contributed by atoms with Crippen molar-refractivity contribution in [3.63, 3.8) is 0 Å². The smallest absolute Gasteiger partial charge is 0.319 e. The number of anilines is 1. The number of urea groups is 1. The molecule has 1 aromatic rings. The Hall–Kier alpha value is -2.64. The molecule has 3 unspecified atom stereocenters. The lowest BCUT2D eigenvalue weighted by molar-refractivity contribution is -0.157. The van der Waals surface area contributed by atoms with E-state index in [1.54, 1.807) is 11.0 Å². The van der Waals surface area contributed by atoms with Gasteiger partial charge in [-0.2, -0.15) is 0 Å². The van der Waals surface area contributed by atoms with Gasteiger partial charge < -0.3 is 20.6 Å². The van der Waals surface area contributed by atoms with Crippen molar-refractivity contribution in [1.82, 2.24) is 10.2 Å². The van der Waals surface area contributed by atoms with Gasteiger partial charge in [0, 0.05) is 25.3 Å². The summed E-state index contributed by atoms with van der Waals surface area (Å²) in [5, 5.41) is 14.5. The zero-order chi connectivity index (χ0) is 19.4. The van der Waals surface area contributed by atoms with Crippen LogP contribution >= 0.6 is 0 Å². The van der Waals surface area contributed by atoms with Gasteiger partial charge in [0.05, 0.1) is 11.8 Å². The molecule has 1 saturated heterocycles. The van der Waals surface area contributed by atoms with Crippen LogP contribution in [0, 0.1) is 23.6 Å². The molecule has 3 atom stereocenters. The maximum absolute atomic E-state index is 13.1. The monoisotopic (exact) mass is 377 g/mol. The number of nitrogens with zero attached hydrogens (tertiary/aromatic N) is 1. The quantitative estimate of drug-likeness (QED) is 0.733. The molecule has 0 bridgehead atoms. The van der Waals surface area contributed by atoms with Crippen LogP contribution in [0.3, 0.4) is 0 Å². The van der Waals surface area contributed by atoms with E-state index in [1.165, 1.54) is 18.2 Å². The number of carboxylic acids is 1. The highest BCUT2D eigenvalue weighted by molar-refractivity contribution is 5.89. The normalized spacial score (nSPS) is 24.6. The lowest BCUT2D eigenvalue weighted by Gasteiger charge is -2.39. The Morgan fingerprint density at radius 3 is 2.63 bits per heavy atom. The molecular weight excluding hydrogens is 353 g/mol. The van der Waals surface area contributed by atoms with Gasteiger partial charge in [-0.05, 0) is 49.8 Å². The number of likely N-dealkylation sites (tertiary alicyclic amines) is 1. The topological polar surface area (TPSA) is 98.7 Å². The second-order valence-electron chi connectivity index (χ2n) is 7.27. The van der Waals surface area contributed by atoms with E-state index in [1.807, 2.05) is 0 Å². The highest BCUT2D eigenvalue weighted by Gasteiger charge is 2.43. The molecule has 1 aliphatic heterocycles. The van der Waals surface area contributed by atoms with E-state index < -0.39 is 29.7 Å². The van der Waals surface area contributed by atoms with Gasteiger partial charge in [-0.3, -0.25) is 9.59 Å². The maximum Gasteiger partial charge on any atom is 0.319 e. The zero-order valence-corrected chi connectivity index (χ0v) is 15.0. The molecule has 27 heavy (non-hydrogen) atoms. The first-order valence-electron chi connectivity index (χ1n) is 9.26. The second kappa shape index (κ2) is 8.37. The van der Waals surface area contributed by atoms with Crippen LogP contribution in [0.1, 0.15) is 25.7 Å². The molecule has 1 saturated carbocycles. The molecule has 1 heterocycles. The fourth-order valence-corrected chi connectivity index (χ4v) is 3.74. The summed E-state index contributed by atoms with van der Waals surface area (Å²) in [6.45, 7) is 1.55. The van der Waals surface area contributed by atoms with Crippen LogP contribution in [-0.4, -0.2) is 47.5 Å². The lowest BCUT2D eigenvalue weighted by Crippen LogP contribution is -2.50. The Morgan fingerprint density at radius 1 is 1.19 bits per heavy atom. The first-order chi connectivity index (χ1) is 12.9. The van der Waals surface area contributed by atoms with E-state index in [0.29, 0.717) is 38.2 Å². The fraction of sp³-hybridized carbons (Fsp3) is 0.526. The zero-order valence-electron chi connectivity index (χ0n) is 15.0. The van der Waals surface area contributed by atoms with E-state index in [0.717, 1.165) is 12.8 Å². The van der Waals surface area contributed by atoms with Crippen LogP contribution < -0.4 is 10.6 Å². The van der Waals surface area contributed by atoms with Gasteiger partial charge in [0.2, 0.25) is 5.91 Å². The summed E-state index contributed by atoms with van der Waals surface area (Å²) >= 11 is 0. The second-order valence-corrected chi connectivity index (χ2v) is 7.27. The third-order valence-electron chi connectivity index (χ3n) is 5.37. The first-order valence-corrected chi connectivity index (χ1v) is 9.26. The van der Waals surface area contributed by atoms with E-state index in [4.69, 9.17) is 5.11 Å². The SMILES string of the molecule is O=C(NCC1CCCN(C(=O)C2CCC2C(=O)O)C1)Nc1cccc(F)c1. The molecule has 3 rings (SSSR count). The third-order valence-corrected chi connectivity index (χ3v) is 5.37. The van der Waals surface area contributed by atoms with Crippen LogP contribution in [0.15, 0.2) is 24.3 Å². The van der Waals surface area contributed by atoms with Crippen molar-refractivity contribution in [2.45, 2.75) is 25.7 Å². The molecule has 3 N–H and O–H groups in total. The van der Waals surface area contributed by atoms with Crippen LogP contribution in [-0.2, 0) is 9.59 Å². The Kier molecular flexibility index (Phi) is 5.93. The highest BCUT2D eigenvalue weighted by atomic mass is 19.1. The van der Waals surface area contributed by atoms with Gasteiger partial charge in [0.25, 0.3) is 0 Å². The number of carbonyl (C=O) groups excluding carboxylic acids is 2. The lowest BCUT2D eigenvalue weighted by atomic mass is 9.72. The molecule has 8 heteroatoms. The third kappa shape index (κ3) is 4.75. The van der Waals surface area contributed by atoms with Crippen molar-refractivity contribution in [3.05, 3.63) is 30.1 Å². The van der Waals surface area contributed by atoms with Gasteiger partial charge in [0.1, 0.15) is 5.82 Å². The molecule has 1 aromatic carbocycles. The number of amides is 3. The van der Waals surface area contributed by atoms with Gasteiger partial charge >= 0.3 is 12.0 Å². The molecule has 146 valence electrons. The summed E-state index contributed by atoms with van der Waals surface area (Å²) in [6, 6.07) is 5.22. The number of nitrogens with one attached hydrogen (secondary N) is 2. The molecule has 0 aromatic heterocycles. The van der Waals surface area contributed by atoms with Crippen LogP contribution in [0.25, 0.3) is 0 Å². The molecule has 1 aliphatic carbocycles. The number of piperidine rings is 1. The van der Waals surface area contributed by atoms with Gasteiger partial charge in [-0.25, -0.2) is 9.18 Å². The molecule has 7 nitrogen and oxygen atoms in total. The Bertz CT molecular complexity index is 727. The number of halogens is 1. The van der Waals surface area contributed by atoms with Crippen molar-refractivity contribution >= 4 is 23.6 Å². The number of rotatable bonds is 5. The van der Waals surface area contributed by atoms with Crippen molar-refractivity contribution in [3.8, 4) is 0 Å². The van der Waals surface area contributed by atoms with E-state index in [9.17, 15) is 18.8 Å². The molecule has 3 amide bonds. The largest absolute Gasteiger partial charge is 0.481 e. The summed E-state index contributed by atoms with van der Waals surface area (Å²) in [7, 11) is 0. The predicted molar refractivity (Wildman–Crippen MR) is 96.6 cm³/mol. The molecular formula is C19H24FN3O4. The molecule has 2 fully saturated rings. The maximum atomic E-state index is 13.1. The molecule has 2 aliphatic rings. The van der Waals surface area contributed by atoms with Crippen LogP contribution in [0.5, 0.6) is 0 Å². The summed E-state index contributed by atoms with van der Waals surface area (Å²) in [5.41, 5.74) is 0.373. The number of carboxylic acid groups (broad SMARTS) is 1. The number of hydrogen-bond donors (Lipinski definition) is 3. The van der Waals surface area contributed by atoms with Crippen molar-refractivity contribution in [2.75, 3.05) is 25.0 Å².